The fourth-order valence-corrected chi connectivity index (χ4v) is 3.05. The first-order valence-electron chi connectivity index (χ1n) is 8.79. The summed E-state index contributed by atoms with van der Waals surface area (Å²) in [6, 6.07) is 13.2. The molecule has 2 aromatic rings. The van der Waals surface area contributed by atoms with Crippen LogP contribution in [0.3, 0.4) is 0 Å². The summed E-state index contributed by atoms with van der Waals surface area (Å²) < 4.78 is 28.0. The molecule has 0 aliphatic rings. The minimum absolute atomic E-state index is 0.00167. The number of primary sulfonamides is 1. The van der Waals surface area contributed by atoms with E-state index in [9.17, 15) is 13.2 Å². The highest BCUT2D eigenvalue weighted by Gasteiger charge is 2.22. The molecule has 2 aromatic carbocycles. The number of nitrogens with one attached hydrogen (secondary N) is 2. The van der Waals surface area contributed by atoms with Crippen molar-refractivity contribution in [2.45, 2.75) is 24.4 Å². The van der Waals surface area contributed by atoms with Crippen LogP contribution >= 0.6 is 0 Å². The smallest absolute Gasteiger partial charge is 0.282 e. The van der Waals surface area contributed by atoms with E-state index in [-0.39, 0.29) is 16.8 Å². The van der Waals surface area contributed by atoms with Crippen LogP contribution in [-0.4, -0.2) is 34.0 Å². The Balaban J connectivity index is 1.93. The number of quaternary nitrogens is 1. The number of ether oxygens (including phenoxy) is 1. The van der Waals surface area contributed by atoms with E-state index in [4.69, 9.17) is 9.88 Å². The summed E-state index contributed by atoms with van der Waals surface area (Å²) in [4.78, 5) is 13.5. The van der Waals surface area contributed by atoms with E-state index in [0.29, 0.717) is 18.8 Å². The van der Waals surface area contributed by atoms with E-state index >= 15 is 0 Å². The summed E-state index contributed by atoms with van der Waals surface area (Å²) in [7, 11) is -1.81. The number of carbonyl (C=O) groups is 1. The Labute approximate surface area is 165 Å². The Hall–Kier alpha value is -2.68. The quantitative estimate of drug-likeness (QED) is 0.541. The number of hydrogen-bond donors (Lipinski definition) is 3. The van der Waals surface area contributed by atoms with Gasteiger partial charge in [-0.25, -0.2) is 13.6 Å². The molecule has 0 bridgehead atoms. The van der Waals surface area contributed by atoms with Gasteiger partial charge >= 0.3 is 0 Å². The molecule has 1 amide bonds. The van der Waals surface area contributed by atoms with Gasteiger partial charge in [0.25, 0.3) is 5.91 Å². The van der Waals surface area contributed by atoms with Crippen LogP contribution in [0, 0.1) is 0 Å². The second-order valence-electron chi connectivity index (χ2n) is 6.55. The fraction of sp³-hybridized carbons (Fsp3) is 0.250. The van der Waals surface area contributed by atoms with Crippen LogP contribution in [0.4, 0.5) is 5.69 Å². The third-order valence-electron chi connectivity index (χ3n) is 4.36. The molecule has 2 rings (SSSR count). The third kappa shape index (κ3) is 6.19. The molecule has 2 atom stereocenters. The van der Waals surface area contributed by atoms with Crippen molar-refractivity contribution >= 4 is 21.6 Å². The van der Waals surface area contributed by atoms with Crippen molar-refractivity contribution in [3.63, 3.8) is 0 Å². The van der Waals surface area contributed by atoms with Crippen molar-refractivity contribution in [1.82, 2.24) is 0 Å². The van der Waals surface area contributed by atoms with Gasteiger partial charge in [0.1, 0.15) is 18.9 Å². The van der Waals surface area contributed by atoms with Crippen LogP contribution in [0.2, 0.25) is 0 Å². The summed E-state index contributed by atoms with van der Waals surface area (Å²) in [5.41, 5.74) is 1.60. The number of amides is 1. The molecular formula is C20H26N3O4S+. The predicted molar refractivity (Wildman–Crippen MR) is 109 cm³/mol. The Bertz CT molecular complexity index is 909. The number of rotatable bonds is 9. The minimum Gasteiger partial charge on any atom is -0.490 e. The zero-order valence-electron chi connectivity index (χ0n) is 16.0. The van der Waals surface area contributed by atoms with Gasteiger partial charge in [0, 0.05) is 11.3 Å². The van der Waals surface area contributed by atoms with Crippen molar-refractivity contribution in [3.05, 3.63) is 66.7 Å². The zero-order valence-corrected chi connectivity index (χ0v) is 16.8. The van der Waals surface area contributed by atoms with Crippen LogP contribution in [-0.2, 0) is 21.4 Å². The van der Waals surface area contributed by atoms with E-state index in [1.54, 1.807) is 6.08 Å². The van der Waals surface area contributed by atoms with Crippen LogP contribution < -0.4 is 20.1 Å². The van der Waals surface area contributed by atoms with Crippen molar-refractivity contribution in [1.29, 1.82) is 0 Å². The summed E-state index contributed by atoms with van der Waals surface area (Å²) in [6.45, 7) is 6.58. The summed E-state index contributed by atoms with van der Waals surface area (Å²) in [5, 5.41) is 7.87. The Morgan fingerprint density at radius 1 is 1.21 bits per heavy atom. The Morgan fingerprint density at radius 3 is 2.36 bits per heavy atom. The normalized spacial score (nSPS) is 13.4. The SMILES string of the molecule is C=CCOc1ccc(C[NH+](C)[C@@H](C)C(=O)Nc2ccc(S(N)(=O)=O)cc2)cc1. The Morgan fingerprint density at radius 2 is 1.82 bits per heavy atom. The summed E-state index contributed by atoms with van der Waals surface area (Å²) >= 11 is 0. The standard InChI is InChI=1S/C20H25N3O4S/c1-4-13-27-18-9-5-16(6-10-18)14-23(3)15(2)20(24)22-17-7-11-19(12-8-17)28(21,25)26/h4-12,15H,1,13-14H2,2-3H3,(H,22,24)(H2,21,25,26)/p+1/t15-/m0/s1. The van der Waals surface area contributed by atoms with E-state index in [1.807, 2.05) is 38.2 Å². The van der Waals surface area contributed by atoms with Crippen LogP contribution in [0.1, 0.15) is 12.5 Å². The molecule has 1 unspecified atom stereocenters. The molecule has 0 heterocycles. The average molecular weight is 405 g/mol. The lowest BCUT2D eigenvalue weighted by atomic mass is 10.1. The topological polar surface area (TPSA) is 103 Å². The van der Waals surface area contributed by atoms with Gasteiger partial charge in [-0.05, 0) is 55.5 Å². The predicted octanol–water partition coefficient (Wildman–Crippen LogP) is 0.941. The monoisotopic (exact) mass is 404 g/mol. The van der Waals surface area contributed by atoms with Crippen molar-refractivity contribution in [2.24, 2.45) is 5.14 Å². The van der Waals surface area contributed by atoms with Crippen molar-refractivity contribution in [2.75, 3.05) is 19.0 Å². The summed E-state index contributed by atoms with van der Waals surface area (Å²) in [5.74, 6) is 0.613. The molecule has 0 aliphatic carbocycles. The highest BCUT2D eigenvalue weighted by atomic mass is 32.2. The number of benzene rings is 2. The van der Waals surface area contributed by atoms with Gasteiger partial charge < -0.3 is 15.0 Å². The fourth-order valence-electron chi connectivity index (χ4n) is 2.54. The molecule has 0 aromatic heterocycles. The maximum absolute atomic E-state index is 12.5. The summed E-state index contributed by atoms with van der Waals surface area (Å²) in [6.07, 6.45) is 1.69. The molecule has 150 valence electrons. The Kier molecular flexibility index (Phi) is 7.33. The first-order chi connectivity index (χ1) is 13.2. The van der Waals surface area contributed by atoms with Gasteiger partial charge in [0.2, 0.25) is 10.0 Å². The van der Waals surface area contributed by atoms with Crippen LogP contribution in [0.25, 0.3) is 0 Å². The molecule has 4 N–H and O–H groups in total. The molecule has 8 heteroatoms. The minimum atomic E-state index is -3.75. The second kappa shape index (κ2) is 9.50. The van der Waals surface area contributed by atoms with Crippen LogP contribution in [0.15, 0.2) is 66.1 Å². The highest BCUT2D eigenvalue weighted by Crippen LogP contribution is 2.13. The third-order valence-corrected chi connectivity index (χ3v) is 5.29. The van der Waals surface area contributed by atoms with Gasteiger partial charge in [-0.1, -0.05) is 12.7 Å². The van der Waals surface area contributed by atoms with Gasteiger partial charge in [-0.2, -0.15) is 0 Å². The average Bonchev–Trinajstić information content (AvgIpc) is 2.66. The lowest BCUT2D eigenvalue weighted by Crippen LogP contribution is -3.12. The molecule has 0 saturated heterocycles. The molecule has 28 heavy (non-hydrogen) atoms. The van der Waals surface area contributed by atoms with Crippen molar-refractivity contribution < 1.29 is 22.8 Å². The van der Waals surface area contributed by atoms with Crippen LogP contribution in [0.5, 0.6) is 5.75 Å². The van der Waals surface area contributed by atoms with Gasteiger partial charge in [-0.15, -0.1) is 0 Å². The first-order valence-corrected chi connectivity index (χ1v) is 10.3. The van der Waals surface area contributed by atoms with E-state index < -0.39 is 10.0 Å². The highest BCUT2D eigenvalue weighted by molar-refractivity contribution is 7.89. The number of likely N-dealkylation sites (N-methyl/N-ethyl adjacent to an activating group) is 1. The molecular weight excluding hydrogens is 378 g/mol. The molecule has 0 radical (unpaired) electrons. The second-order valence-corrected chi connectivity index (χ2v) is 8.11. The van der Waals surface area contributed by atoms with E-state index in [0.717, 1.165) is 16.2 Å². The van der Waals surface area contributed by atoms with Crippen molar-refractivity contribution in [3.8, 4) is 5.75 Å². The number of nitrogens with two attached hydrogens (primary N) is 1. The van der Waals surface area contributed by atoms with Gasteiger partial charge in [0.05, 0.1) is 11.9 Å². The number of carbonyl (C=O) groups excluding carboxylic acids is 1. The largest absolute Gasteiger partial charge is 0.490 e. The van der Waals surface area contributed by atoms with Gasteiger partial charge in [0.15, 0.2) is 6.04 Å². The van der Waals surface area contributed by atoms with E-state index in [2.05, 4.69) is 11.9 Å². The molecule has 7 nitrogen and oxygen atoms in total. The molecule has 0 spiro atoms. The molecule has 0 aliphatic heterocycles. The maximum atomic E-state index is 12.5. The first kappa shape index (κ1) is 21.6. The number of anilines is 1. The lowest BCUT2D eigenvalue weighted by molar-refractivity contribution is -0.907. The number of sulfonamides is 1. The van der Waals surface area contributed by atoms with E-state index in [1.165, 1.54) is 24.3 Å². The van der Waals surface area contributed by atoms with Gasteiger partial charge in [-0.3, -0.25) is 4.79 Å². The maximum Gasteiger partial charge on any atom is 0.282 e. The molecule has 0 fully saturated rings. The zero-order chi connectivity index (χ0) is 20.7. The lowest BCUT2D eigenvalue weighted by Gasteiger charge is -2.21. The molecule has 0 saturated carbocycles. The number of hydrogen-bond acceptors (Lipinski definition) is 4.